The van der Waals surface area contributed by atoms with Crippen LogP contribution in [-0.2, 0) is 4.79 Å². The fourth-order valence-electron chi connectivity index (χ4n) is 2.24. The maximum atomic E-state index is 11.4. The van der Waals surface area contributed by atoms with Crippen molar-refractivity contribution < 1.29 is 14.6 Å². The molecule has 1 unspecified atom stereocenters. The molecule has 1 aromatic rings. The Morgan fingerprint density at radius 1 is 1.42 bits per heavy atom. The highest BCUT2D eigenvalue weighted by atomic mass is 16.5. The number of benzene rings is 1. The van der Waals surface area contributed by atoms with Crippen LogP contribution in [0.2, 0.25) is 0 Å². The summed E-state index contributed by atoms with van der Waals surface area (Å²) in [5.74, 6) is -0.0711. The van der Waals surface area contributed by atoms with Crippen molar-refractivity contribution in [3.63, 3.8) is 0 Å². The zero-order valence-electron chi connectivity index (χ0n) is 12.1. The van der Waals surface area contributed by atoms with Crippen LogP contribution in [-0.4, -0.2) is 30.8 Å². The van der Waals surface area contributed by atoms with Gasteiger partial charge in [0.25, 0.3) is 0 Å². The second-order valence-electron chi connectivity index (χ2n) is 4.63. The summed E-state index contributed by atoms with van der Waals surface area (Å²) in [4.78, 5) is 13.3. The number of aryl methyl sites for hydroxylation is 1. The molecular weight excluding hydrogens is 242 g/mol. The highest BCUT2D eigenvalue weighted by Crippen LogP contribution is 2.31. The van der Waals surface area contributed by atoms with Gasteiger partial charge >= 0.3 is 5.97 Å². The molecule has 1 rings (SSSR count). The van der Waals surface area contributed by atoms with Crippen LogP contribution in [0.15, 0.2) is 18.2 Å². The van der Waals surface area contributed by atoms with Gasteiger partial charge in [-0.05, 0) is 37.5 Å². The molecule has 0 aliphatic carbocycles. The molecule has 0 spiro atoms. The standard InChI is InChI=1S/C15H23NO3/c1-5-9-16(12(6-2)15(17)18)13-10-11(3)7-8-14(13)19-4/h7-8,10,12H,5-6,9H2,1-4H3,(H,17,18). The Bertz CT molecular complexity index is 431. The van der Waals surface area contributed by atoms with E-state index in [9.17, 15) is 9.90 Å². The third-order valence-corrected chi connectivity index (χ3v) is 3.16. The molecule has 0 amide bonds. The average Bonchev–Trinajstić information content (AvgIpc) is 2.38. The molecule has 1 N–H and O–H groups in total. The SMILES string of the molecule is CCCN(c1cc(C)ccc1OC)C(CC)C(=O)O. The number of hydrogen-bond donors (Lipinski definition) is 1. The van der Waals surface area contributed by atoms with Crippen LogP contribution in [0.4, 0.5) is 5.69 Å². The van der Waals surface area contributed by atoms with Crippen LogP contribution in [0.3, 0.4) is 0 Å². The van der Waals surface area contributed by atoms with E-state index in [2.05, 4.69) is 0 Å². The van der Waals surface area contributed by atoms with E-state index in [1.54, 1.807) is 7.11 Å². The quantitative estimate of drug-likeness (QED) is 0.823. The summed E-state index contributed by atoms with van der Waals surface area (Å²) in [6, 6.07) is 5.33. The lowest BCUT2D eigenvalue weighted by Crippen LogP contribution is -2.41. The maximum Gasteiger partial charge on any atom is 0.326 e. The van der Waals surface area contributed by atoms with Crippen molar-refractivity contribution in [1.82, 2.24) is 0 Å². The van der Waals surface area contributed by atoms with Crippen molar-refractivity contribution in [1.29, 1.82) is 0 Å². The van der Waals surface area contributed by atoms with Crippen molar-refractivity contribution >= 4 is 11.7 Å². The molecule has 0 aromatic heterocycles. The second-order valence-corrected chi connectivity index (χ2v) is 4.63. The lowest BCUT2D eigenvalue weighted by Gasteiger charge is -2.31. The minimum atomic E-state index is -0.792. The molecular formula is C15H23NO3. The molecule has 0 aliphatic rings. The van der Waals surface area contributed by atoms with E-state index in [1.807, 2.05) is 43.9 Å². The summed E-state index contributed by atoms with van der Waals surface area (Å²) >= 11 is 0. The number of carboxylic acids is 1. The van der Waals surface area contributed by atoms with Crippen LogP contribution in [0.5, 0.6) is 5.75 Å². The summed E-state index contributed by atoms with van der Waals surface area (Å²) in [5.41, 5.74) is 1.95. The van der Waals surface area contributed by atoms with Gasteiger partial charge in [0.1, 0.15) is 11.8 Å². The molecule has 0 bridgehead atoms. The number of aliphatic carboxylic acids is 1. The summed E-state index contributed by atoms with van der Waals surface area (Å²) in [6.45, 7) is 6.63. The third-order valence-electron chi connectivity index (χ3n) is 3.16. The van der Waals surface area contributed by atoms with Gasteiger partial charge in [-0.2, -0.15) is 0 Å². The summed E-state index contributed by atoms with van der Waals surface area (Å²) in [5, 5.41) is 9.38. The number of rotatable bonds is 7. The van der Waals surface area contributed by atoms with Crippen molar-refractivity contribution in [3.8, 4) is 5.75 Å². The van der Waals surface area contributed by atoms with E-state index in [4.69, 9.17) is 4.74 Å². The zero-order chi connectivity index (χ0) is 14.4. The third kappa shape index (κ3) is 3.63. The second kappa shape index (κ2) is 7.02. The fourth-order valence-corrected chi connectivity index (χ4v) is 2.24. The van der Waals surface area contributed by atoms with Crippen LogP contribution >= 0.6 is 0 Å². The van der Waals surface area contributed by atoms with Crippen molar-refractivity contribution in [3.05, 3.63) is 23.8 Å². The highest BCUT2D eigenvalue weighted by Gasteiger charge is 2.25. The first-order valence-electron chi connectivity index (χ1n) is 6.69. The normalized spacial score (nSPS) is 12.0. The van der Waals surface area contributed by atoms with Gasteiger partial charge in [-0.15, -0.1) is 0 Å². The van der Waals surface area contributed by atoms with E-state index >= 15 is 0 Å². The number of methoxy groups -OCH3 is 1. The van der Waals surface area contributed by atoms with Gasteiger partial charge in [0, 0.05) is 6.54 Å². The van der Waals surface area contributed by atoms with Crippen LogP contribution in [0.1, 0.15) is 32.3 Å². The van der Waals surface area contributed by atoms with Crippen LogP contribution in [0.25, 0.3) is 0 Å². The van der Waals surface area contributed by atoms with E-state index in [-0.39, 0.29) is 0 Å². The first-order valence-corrected chi connectivity index (χ1v) is 6.69. The fraction of sp³-hybridized carbons (Fsp3) is 0.533. The number of carboxylic acid groups (broad SMARTS) is 1. The Hall–Kier alpha value is -1.71. The predicted molar refractivity (Wildman–Crippen MR) is 77.1 cm³/mol. The van der Waals surface area contributed by atoms with E-state index in [0.29, 0.717) is 13.0 Å². The predicted octanol–water partition coefficient (Wildman–Crippen LogP) is 3.08. The monoisotopic (exact) mass is 265 g/mol. The van der Waals surface area contributed by atoms with Gasteiger partial charge in [-0.3, -0.25) is 0 Å². The minimum absolute atomic E-state index is 0.518. The molecule has 4 heteroatoms. The Balaban J connectivity index is 3.24. The van der Waals surface area contributed by atoms with Crippen molar-refractivity contribution in [2.24, 2.45) is 0 Å². The van der Waals surface area contributed by atoms with Gasteiger partial charge in [0.05, 0.1) is 12.8 Å². The highest BCUT2D eigenvalue weighted by molar-refractivity contribution is 5.79. The Morgan fingerprint density at radius 2 is 2.11 bits per heavy atom. The molecule has 1 aromatic carbocycles. The average molecular weight is 265 g/mol. The van der Waals surface area contributed by atoms with Gasteiger partial charge in [-0.1, -0.05) is 19.9 Å². The molecule has 1 atom stereocenters. The van der Waals surface area contributed by atoms with E-state index in [0.717, 1.165) is 23.4 Å². The molecule has 0 radical (unpaired) electrons. The minimum Gasteiger partial charge on any atom is -0.495 e. The number of ether oxygens (including phenoxy) is 1. The van der Waals surface area contributed by atoms with Crippen LogP contribution < -0.4 is 9.64 Å². The Labute approximate surface area is 115 Å². The van der Waals surface area contributed by atoms with Crippen molar-refractivity contribution in [2.75, 3.05) is 18.6 Å². The van der Waals surface area contributed by atoms with Crippen LogP contribution in [0, 0.1) is 6.92 Å². The molecule has 0 heterocycles. The molecule has 0 saturated carbocycles. The first kappa shape index (κ1) is 15.3. The zero-order valence-corrected chi connectivity index (χ0v) is 12.1. The van der Waals surface area contributed by atoms with E-state index in [1.165, 1.54) is 0 Å². The van der Waals surface area contributed by atoms with E-state index < -0.39 is 12.0 Å². The lowest BCUT2D eigenvalue weighted by atomic mass is 10.1. The number of hydrogen-bond acceptors (Lipinski definition) is 3. The van der Waals surface area contributed by atoms with Gasteiger partial charge < -0.3 is 14.7 Å². The van der Waals surface area contributed by atoms with Crippen molar-refractivity contribution in [2.45, 2.75) is 39.7 Å². The Morgan fingerprint density at radius 3 is 2.58 bits per heavy atom. The molecule has 0 saturated heterocycles. The number of nitrogens with zero attached hydrogens (tertiary/aromatic N) is 1. The molecule has 19 heavy (non-hydrogen) atoms. The lowest BCUT2D eigenvalue weighted by molar-refractivity contribution is -0.138. The molecule has 106 valence electrons. The topological polar surface area (TPSA) is 49.8 Å². The molecule has 0 aliphatic heterocycles. The summed E-state index contributed by atoms with van der Waals surface area (Å²) in [6.07, 6.45) is 1.45. The molecule has 4 nitrogen and oxygen atoms in total. The maximum absolute atomic E-state index is 11.4. The number of carbonyl (C=O) groups is 1. The summed E-state index contributed by atoms with van der Waals surface area (Å²) in [7, 11) is 1.61. The smallest absolute Gasteiger partial charge is 0.326 e. The number of anilines is 1. The largest absolute Gasteiger partial charge is 0.495 e. The Kier molecular flexibility index (Phi) is 5.67. The summed E-state index contributed by atoms with van der Waals surface area (Å²) < 4.78 is 5.37. The van der Waals surface area contributed by atoms with Gasteiger partial charge in [-0.25, -0.2) is 4.79 Å². The first-order chi connectivity index (χ1) is 9.04. The van der Waals surface area contributed by atoms with Gasteiger partial charge in [0.2, 0.25) is 0 Å². The van der Waals surface area contributed by atoms with Gasteiger partial charge in [0.15, 0.2) is 0 Å². The molecule has 0 fully saturated rings.